The van der Waals surface area contributed by atoms with Crippen LogP contribution in [-0.2, 0) is 4.79 Å². The van der Waals surface area contributed by atoms with Crippen LogP contribution in [0.2, 0.25) is 10.6 Å². The Morgan fingerprint density at radius 2 is 1.81 bits per heavy atom. The van der Waals surface area contributed by atoms with E-state index in [1.165, 1.54) is 0 Å². The summed E-state index contributed by atoms with van der Waals surface area (Å²) in [4.78, 5) is 21.7. The van der Waals surface area contributed by atoms with Crippen LogP contribution < -0.4 is 11.1 Å². The van der Waals surface area contributed by atoms with Crippen LogP contribution in [0.15, 0.2) is 0 Å². The van der Waals surface area contributed by atoms with E-state index in [4.69, 9.17) is 28.9 Å². The highest BCUT2D eigenvalue weighted by molar-refractivity contribution is 6.31. The number of anilines is 1. The zero-order valence-corrected chi connectivity index (χ0v) is 9.92. The summed E-state index contributed by atoms with van der Waals surface area (Å²) in [6.07, 6.45) is 1.87. The molecular formula is C8H11Cl2N5O. The number of carbonyl (C=O) groups excluding carboxylic acids is 1. The van der Waals surface area contributed by atoms with E-state index in [-0.39, 0.29) is 16.5 Å². The molecule has 1 aromatic rings. The van der Waals surface area contributed by atoms with Gasteiger partial charge < -0.3 is 11.1 Å². The zero-order chi connectivity index (χ0) is 12.0. The fraction of sp³-hybridized carbons (Fsp3) is 0.500. The van der Waals surface area contributed by atoms with Crippen molar-refractivity contribution in [1.29, 1.82) is 0 Å². The third-order valence-corrected chi connectivity index (χ3v) is 2.05. The topological polar surface area (TPSA) is 93.8 Å². The van der Waals surface area contributed by atoms with Crippen LogP contribution in [0.25, 0.3) is 0 Å². The van der Waals surface area contributed by atoms with Crippen molar-refractivity contribution in [3.63, 3.8) is 0 Å². The molecule has 0 unspecified atom stereocenters. The van der Waals surface area contributed by atoms with E-state index in [1.807, 2.05) is 0 Å². The van der Waals surface area contributed by atoms with E-state index >= 15 is 0 Å². The van der Waals surface area contributed by atoms with Gasteiger partial charge >= 0.3 is 0 Å². The molecule has 0 aliphatic carbocycles. The second-order valence-corrected chi connectivity index (χ2v) is 3.72. The Hall–Kier alpha value is -1.14. The maximum Gasteiger partial charge on any atom is 0.228 e. The first kappa shape index (κ1) is 12.9. The van der Waals surface area contributed by atoms with Gasteiger partial charge in [0.25, 0.3) is 0 Å². The molecule has 0 aliphatic rings. The monoisotopic (exact) mass is 263 g/mol. The largest absolute Gasteiger partial charge is 0.370 e. The summed E-state index contributed by atoms with van der Waals surface area (Å²) in [6, 6.07) is 0. The zero-order valence-electron chi connectivity index (χ0n) is 8.41. The van der Waals surface area contributed by atoms with Gasteiger partial charge in [0.2, 0.25) is 22.4 Å². The molecule has 0 bridgehead atoms. The maximum atomic E-state index is 10.5. The lowest BCUT2D eigenvalue weighted by Gasteiger charge is -2.03. The first-order chi connectivity index (χ1) is 7.58. The highest BCUT2D eigenvalue weighted by atomic mass is 35.5. The molecule has 1 amide bonds. The number of nitrogens with two attached hydrogens (primary N) is 1. The molecule has 3 N–H and O–H groups in total. The van der Waals surface area contributed by atoms with Crippen LogP contribution in [-0.4, -0.2) is 27.4 Å². The summed E-state index contributed by atoms with van der Waals surface area (Å²) in [5.41, 5.74) is 5.00. The van der Waals surface area contributed by atoms with Gasteiger partial charge in [0.05, 0.1) is 0 Å². The Morgan fingerprint density at radius 3 is 2.38 bits per heavy atom. The van der Waals surface area contributed by atoms with Crippen LogP contribution in [0.3, 0.4) is 0 Å². The number of rotatable bonds is 6. The lowest BCUT2D eigenvalue weighted by molar-refractivity contribution is -0.118. The fourth-order valence-corrected chi connectivity index (χ4v) is 1.39. The molecule has 1 heterocycles. The molecule has 0 spiro atoms. The number of nitrogens with zero attached hydrogens (tertiary/aromatic N) is 3. The lowest BCUT2D eigenvalue weighted by atomic mass is 10.2. The van der Waals surface area contributed by atoms with Crippen molar-refractivity contribution in [3.05, 3.63) is 10.6 Å². The van der Waals surface area contributed by atoms with Gasteiger partial charge in [-0.05, 0) is 36.0 Å². The molecule has 8 heteroatoms. The predicted octanol–water partition coefficient (Wildman–Crippen LogP) is 1.25. The number of hydrogen-bond donors (Lipinski definition) is 2. The lowest BCUT2D eigenvalue weighted by Crippen LogP contribution is -2.11. The van der Waals surface area contributed by atoms with Crippen molar-refractivity contribution in [3.8, 4) is 0 Å². The van der Waals surface area contributed by atoms with Crippen LogP contribution in [0, 0.1) is 0 Å². The summed E-state index contributed by atoms with van der Waals surface area (Å²) in [6.45, 7) is 0.615. The molecule has 0 aromatic carbocycles. The summed E-state index contributed by atoms with van der Waals surface area (Å²) in [7, 11) is 0. The normalized spacial score (nSPS) is 10.1. The third-order valence-electron chi connectivity index (χ3n) is 1.71. The van der Waals surface area contributed by atoms with E-state index in [9.17, 15) is 4.79 Å². The van der Waals surface area contributed by atoms with Gasteiger partial charge in [0.1, 0.15) is 0 Å². The first-order valence-corrected chi connectivity index (χ1v) is 5.43. The molecule has 0 fully saturated rings. The van der Waals surface area contributed by atoms with Gasteiger partial charge in [-0.1, -0.05) is 0 Å². The Morgan fingerprint density at radius 1 is 1.19 bits per heavy atom. The quantitative estimate of drug-likeness (QED) is 0.754. The molecule has 88 valence electrons. The Kier molecular flexibility index (Phi) is 5.21. The van der Waals surface area contributed by atoms with Crippen LogP contribution >= 0.6 is 23.2 Å². The van der Waals surface area contributed by atoms with E-state index in [1.54, 1.807) is 0 Å². The second kappa shape index (κ2) is 6.44. The molecule has 0 atom stereocenters. The van der Waals surface area contributed by atoms with Gasteiger partial charge in [-0.15, -0.1) is 0 Å². The average Bonchev–Trinajstić information content (AvgIpc) is 2.15. The van der Waals surface area contributed by atoms with Crippen LogP contribution in [0.1, 0.15) is 19.3 Å². The average molecular weight is 264 g/mol. The number of halogens is 2. The molecule has 16 heavy (non-hydrogen) atoms. The Labute approximate surface area is 103 Å². The molecule has 6 nitrogen and oxygen atoms in total. The molecule has 0 saturated carbocycles. The van der Waals surface area contributed by atoms with Gasteiger partial charge in [0.15, 0.2) is 0 Å². The fourth-order valence-electron chi connectivity index (χ4n) is 1.03. The van der Waals surface area contributed by atoms with Crippen LogP contribution in [0.5, 0.6) is 0 Å². The molecule has 1 aromatic heterocycles. The number of unbranched alkanes of at least 4 members (excludes halogenated alkanes) is 1. The third kappa shape index (κ3) is 5.09. The minimum atomic E-state index is -0.300. The minimum Gasteiger partial charge on any atom is -0.370 e. The van der Waals surface area contributed by atoms with Crippen molar-refractivity contribution in [2.24, 2.45) is 5.73 Å². The van der Waals surface area contributed by atoms with Crippen molar-refractivity contribution in [2.75, 3.05) is 11.9 Å². The van der Waals surface area contributed by atoms with Crippen molar-refractivity contribution in [2.45, 2.75) is 19.3 Å². The molecular weight excluding hydrogens is 253 g/mol. The molecule has 0 aliphatic heterocycles. The smallest absolute Gasteiger partial charge is 0.228 e. The molecule has 0 saturated heterocycles. The first-order valence-electron chi connectivity index (χ1n) is 4.67. The van der Waals surface area contributed by atoms with E-state index in [2.05, 4.69) is 20.3 Å². The summed E-state index contributed by atoms with van der Waals surface area (Å²) >= 11 is 11.2. The highest BCUT2D eigenvalue weighted by Gasteiger charge is 2.02. The van der Waals surface area contributed by atoms with Gasteiger partial charge in [-0.3, -0.25) is 4.79 Å². The number of hydrogen-bond acceptors (Lipinski definition) is 5. The predicted molar refractivity (Wildman–Crippen MR) is 61.4 cm³/mol. The number of primary amides is 1. The summed E-state index contributed by atoms with van der Waals surface area (Å²) in [5, 5.41) is 3.00. The standard InChI is InChI=1S/C8H11Cl2N5O/c9-6-13-7(10)15-8(14-6)12-4-2-1-3-5(11)16/h1-4H2,(H2,11,16)(H,12,13,14,15). The number of aromatic nitrogens is 3. The van der Waals surface area contributed by atoms with E-state index in [0.29, 0.717) is 18.9 Å². The highest BCUT2D eigenvalue weighted by Crippen LogP contribution is 2.09. The van der Waals surface area contributed by atoms with Crippen LogP contribution in [0.4, 0.5) is 5.95 Å². The summed E-state index contributed by atoms with van der Waals surface area (Å²) < 4.78 is 0. The number of carbonyl (C=O) groups is 1. The Balaban J connectivity index is 2.29. The van der Waals surface area contributed by atoms with Gasteiger partial charge in [0, 0.05) is 13.0 Å². The van der Waals surface area contributed by atoms with Crippen molar-refractivity contribution in [1.82, 2.24) is 15.0 Å². The van der Waals surface area contributed by atoms with Crippen molar-refractivity contribution < 1.29 is 4.79 Å². The second-order valence-electron chi connectivity index (χ2n) is 3.05. The molecule has 0 radical (unpaired) electrons. The van der Waals surface area contributed by atoms with E-state index in [0.717, 1.165) is 12.8 Å². The molecule has 1 rings (SSSR count). The maximum absolute atomic E-state index is 10.5. The van der Waals surface area contributed by atoms with Gasteiger partial charge in [-0.25, -0.2) is 0 Å². The van der Waals surface area contributed by atoms with Crippen molar-refractivity contribution >= 4 is 35.1 Å². The van der Waals surface area contributed by atoms with E-state index < -0.39 is 0 Å². The minimum absolute atomic E-state index is 0.0413. The number of nitrogens with one attached hydrogen (secondary N) is 1. The van der Waals surface area contributed by atoms with Gasteiger partial charge in [-0.2, -0.15) is 15.0 Å². The SMILES string of the molecule is NC(=O)CCCCNc1nc(Cl)nc(Cl)n1. The number of amides is 1. The Bertz CT molecular complexity index is 353. The summed E-state index contributed by atoms with van der Waals surface area (Å²) in [5.74, 6) is 0.0234.